The Balaban J connectivity index is 1.85. The molecule has 1 amide bonds. The zero-order valence-corrected chi connectivity index (χ0v) is 17.2. The number of nitro benzene ring substituents is 1. The van der Waals surface area contributed by atoms with Crippen molar-refractivity contribution in [2.45, 2.75) is 23.8 Å². The molecular formula is C19H21N3O7S. The van der Waals surface area contributed by atoms with Crippen LogP contribution in [0.25, 0.3) is 0 Å². The van der Waals surface area contributed by atoms with Gasteiger partial charge in [-0.25, -0.2) is 8.42 Å². The van der Waals surface area contributed by atoms with Gasteiger partial charge in [-0.15, -0.1) is 0 Å². The molecule has 1 heterocycles. The minimum Gasteiger partial charge on any atom is -0.497 e. The minimum absolute atomic E-state index is 0.0282. The van der Waals surface area contributed by atoms with Gasteiger partial charge in [-0.2, -0.15) is 4.31 Å². The highest BCUT2D eigenvalue weighted by molar-refractivity contribution is 7.89. The molecule has 0 saturated carbocycles. The summed E-state index contributed by atoms with van der Waals surface area (Å²) >= 11 is 0. The number of nitrogens with zero attached hydrogens (tertiary/aromatic N) is 2. The number of amides is 1. The second kappa shape index (κ2) is 8.67. The molecule has 1 saturated heterocycles. The molecule has 2 aromatic carbocycles. The maximum atomic E-state index is 13.0. The van der Waals surface area contributed by atoms with Crippen molar-refractivity contribution < 1.29 is 27.6 Å². The summed E-state index contributed by atoms with van der Waals surface area (Å²) < 4.78 is 37.2. The van der Waals surface area contributed by atoms with Crippen LogP contribution in [0.5, 0.6) is 11.5 Å². The van der Waals surface area contributed by atoms with E-state index in [0.717, 1.165) is 4.31 Å². The van der Waals surface area contributed by atoms with Gasteiger partial charge < -0.3 is 14.8 Å². The Morgan fingerprint density at radius 2 is 1.77 bits per heavy atom. The topological polar surface area (TPSA) is 128 Å². The third-order valence-electron chi connectivity index (χ3n) is 4.83. The number of methoxy groups -OCH3 is 2. The van der Waals surface area contributed by atoms with Crippen LogP contribution in [-0.4, -0.2) is 50.4 Å². The van der Waals surface area contributed by atoms with Crippen LogP contribution in [0, 0.1) is 10.1 Å². The molecule has 160 valence electrons. The molecule has 1 aliphatic rings. The third-order valence-corrected chi connectivity index (χ3v) is 6.75. The smallest absolute Gasteiger partial charge is 0.296 e. The summed E-state index contributed by atoms with van der Waals surface area (Å²) in [5, 5.41) is 13.8. The van der Waals surface area contributed by atoms with E-state index in [1.54, 1.807) is 0 Å². The molecule has 0 aromatic heterocycles. The van der Waals surface area contributed by atoms with Crippen LogP contribution in [0.2, 0.25) is 0 Å². The molecule has 0 spiro atoms. The Labute approximate surface area is 173 Å². The third kappa shape index (κ3) is 4.21. The first-order valence-corrected chi connectivity index (χ1v) is 10.5. The molecule has 11 heteroatoms. The fraction of sp³-hybridized carbons (Fsp3) is 0.316. The van der Waals surface area contributed by atoms with Gasteiger partial charge >= 0.3 is 0 Å². The molecule has 1 fully saturated rings. The molecule has 30 heavy (non-hydrogen) atoms. The van der Waals surface area contributed by atoms with Gasteiger partial charge in [0, 0.05) is 6.54 Å². The Morgan fingerprint density at radius 1 is 1.13 bits per heavy atom. The van der Waals surface area contributed by atoms with Crippen molar-refractivity contribution in [2.24, 2.45) is 0 Å². The van der Waals surface area contributed by atoms with Gasteiger partial charge in [0.15, 0.2) is 0 Å². The molecule has 10 nitrogen and oxygen atoms in total. The molecule has 0 radical (unpaired) electrons. The van der Waals surface area contributed by atoms with Crippen LogP contribution >= 0.6 is 0 Å². The van der Waals surface area contributed by atoms with E-state index >= 15 is 0 Å². The average molecular weight is 435 g/mol. The molecular weight excluding hydrogens is 414 g/mol. The fourth-order valence-corrected chi connectivity index (χ4v) is 4.94. The summed E-state index contributed by atoms with van der Waals surface area (Å²) in [4.78, 5) is 23.6. The number of anilines is 1. The van der Waals surface area contributed by atoms with Crippen molar-refractivity contribution in [3.63, 3.8) is 0 Å². The number of carbonyl (C=O) groups excluding carboxylic acids is 1. The molecule has 1 unspecified atom stereocenters. The van der Waals surface area contributed by atoms with Gasteiger partial charge in [-0.05, 0) is 49.2 Å². The average Bonchev–Trinajstić information content (AvgIpc) is 3.25. The van der Waals surface area contributed by atoms with Gasteiger partial charge in [0.2, 0.25) is 15.9 Å². The van der Waals surface area contributed by atoms with E-state index in [4.69, 9.17) is 9.47 Å². The van der Waals surface area contributed by atoms with Crippen LogP contribution in [0.4, 0.5) is 11.4 Å². The quantitative estimate of drug-likeness (QED) is 0.522. The lowest BCUT2D eigenvalue weighted by Crippen LogP contribution is -2.43. The highest BCUT2D eigenvalue weighted by Gasteiger charge is 2.40. The number of rotatable bonds is 7. The van der Waals surface area contributed by atoms with Crippen molar-refractivity contribution in [1.29, 1.82) is 0 Å². The van der Waals surface area contributed by atoms with Crippen molar-refractivity contribution in [3.8, 4) is 11.5 Å². The van der Waals surface area contributed by atoms with E-state index in [1.165, 1.54) is 56.7 Å². The molecule has 1 N–H and O–H groups in total. The molecule has 3 rings (SSSR count). The summed E-state index contributed by atoms with van der Waals surface area (Å²) in [7, 11) is -1.08. The molecule has 0 bridgehead atoms. The van der Waals surface area contributed by atoms with E-state index in [9.17, 15) is 23.3 Å². The number of nitro groups is 1. The van der Waals surface area contributed by atoms with Crippen LogP contribution in [0.15, 0.2) is 47.4 Å². The van der Waals surface area contributed by atoms with Crippen LogP contribution in [0.1, 0.15) is 12.8 Å². The van der Waals surface area contributed by atoms with Gasteiger partial charge in [-0.1, -0.05) is 0 Å². The Bertz CT molecular complexity index is 1050. The molecule has 2 aromatic rings. The van der Waals surface area contributed by atoms with E-state index in [2.05, 4.69) is 5.32 Å². The van der Waals surface area contributed by atoms with Gasteiger partial charge in [0.05, 0.1) is 30.1 Å². The largest absolute Gasteiger partial charge is 0.497 e. The number of nitrogens with one attached hydrogen (secondary N) is 1. The Kier molecular flexibility index (Phi) is 6.22. The first-order valence-electron chi connectivity index (χ1n) is 9.07. The summed E-state index contributed by atoms with van der Waals surface area (Å²) in [6, 6.07) is 8.92. The predicted octanol–water partition coefficient (Wildman–Crippen LogP) is 2.40. The summed E-state index contributed by atoms with van der Waals surface area (Å²) in [5.41, 5.74) is -0.371. The molecule has 1 atom stereocenters. The lowest BCUT2D eigenvalue weighted by Gasteiger charge is -2.23. The zero-order valence-electron chi connectivity index (χ0n) is 16.4. The zero-order chi connectivity index (χ0) is 21.9. The van der Waals surface area contributed by atoms with Gasteiger partial charge in [0.25, 0.3) is 5.69 Å². The maximum Gasteiger partial charge on any atom is 0.296 e. The summed E-state index contributed by atoms with van der Waals surface area (Å²) in [6.45, 7) is 0.178. The van der Waals surface area contributed by atoms with Gasteiger partial charge in [-0.3, -0.25) is 14.9 Å². The van der Waals surface area contributed by atoms with Crippen LogP contribution in [-0.2, 0) is 14.8 Å². The Hall–Kier alpha value is -3.18. The van der Waals surface area contributed by atoms with Crippen LogP contribution < -0.4 is 14.8 Å². The van der Waals surface area contributed by atoms with Crippen molar-refractivity contribution in [3.05, 3.63) is 52.6 Å². The number of benzene rings is 2. The standard InChI is InChI=1S/C19H21N3O7S/c1-28-13-5-8-15(9-6-13)30(26,27)21-11-3-4-17(21)19(23)20-16-10-7-14(29-2)12-18(16)22(24)25/h5-10,12,17H,3-4,11H2,1-2H3,(H,20,23). The Morgan fingerprint density at radius 3 is 2.37 bits per heavy atom. The van der Waals surface area contributed by atoms with Crippen molar-refractivity contribution in [1.82, 2.24) is 4.31 Å². The van der Waals surface area contributed by atoms with E-state index in [1.807, 2.05) is 0 Å². The number of hydrogen-bond acceptors (Lipinski definition) is 7. The van der Waals surface area contributed by atoms with Crippen molar-refractivity contribution >= 4 is 27.3 Å². The molecule has 1 aliphatic heterocycles. The first kappa shape index (κ1) is 21.5. The van der Waals surface area contributed by atoms with E-state index in [-0.39, 0.29) is 28.6 Å². The second-order valence-electron chi connectivity index (χ2n) is 6.58. The lowest BCUT2D eigenvalue weighted by molar-refractivity contribution is -0.384. The fourth-order valence-electron chi connectivity index (χ4n) is 3.28. The SMILES string of the molecule is COc1ccc(S(=O)(=O)N2CCCC2C(=O)Nc2ccc(OC)cc2[N+](=O)[O-])cc1. The number of ether oxygens (including phenoxy) is 2. The summed E-state index contributed by atoms with van der Waals surface area (Å²) in [5.74, 6) is 0.151. The number of hydrogen-bond donors (Lipinski definition) is 1. The maximum absolute atomic E-state index is 13.0. The number of sulfonamides is 1. The first-order chi connectivity index (χ1) is 14.3. The molecule has 0 aliphatic carbocycles. The van der Waals surface area contributed by atoms with E-state index in [0.29, 0.717) is 18.6 Å². The lowest BCUT2D eigenvalue weighted by atomic mass is 10.2. The highest BCUT2D eigenvalue weighted by Crippen LogP contribution is 2.31. The van der Waals surface area contributed by atoms with Gasteiger partial charge in [0.1, 0.15) is 23.2 Å². The highest BCUT2D eigenvalue weighted by atomic mass is 32.2. The second-order valence-corrected chi connectivity index (χ2v) is 8.47. The van der Waals surface area contributed by atoms with Crippen molar-refractivity contribution in [2.75, 3.05) is 26.1 Å². The van der Waals surface area contributed by atoms with E-state index < -0.39 is 26.9 Å². The minimum atomic E-state index is -3.92. The normalized spacial score (nSPS) is 16.8. The predicted molar refractivity (Wildman–Crippen MR) is 108 cm³/mol. The summed E-state index contributed by atoms with van der Waals surface area (Å²) in [6.07, 6.45) is 0.809. The number of carbonyl (C=O) groups is 1. The monoisotopic (exact) mass is 435 g/mol. The van der Waals surface area contributed by atoms with Crippen LogP contribution in [0.3, 0.4) is 0 Å².